The van der Waals surface area contributed by atoms with Gasteiger partial charge in [0.1, 0.15) is 0 Å². The summed E-state index contributed by atoms with van der Waals surface area (Å²) in [6, 6.07) is 1.43. The van der Waals surface area contributed by atoms with Crippen LogP contribution in [-0.4, -0.2) is 49.7 Å². The van der Waals surface area contributed by atoms with Gasteiger partial charge in [-0.3, -0.25) is 0 Å². The predicted octanol–water partition coefficient (Wildman–Crippen LogP) is 2.23. The Labute approximate surface area is 119 Å². The minimum absolute atomic E-state index is 0.666. The van der Waals surface area contributed by atoms with E-state index in [0.717, 1.165) is 12.0 Å². The van der Waals surface area contributed by atoms with Gasteiger partial charge in [-0.25, -0.2) is 0 Å². The highest BCUT2D eigenvalue weighted by Crippen LogP contribution is 2.17. The van der Waals surface area contributed by atoms with Crippen LogP contribution in [0.1, 0.15) is 52.4 Å². The van der Waals surface area contributed by atoms with Gasteiger partial charge in [-0.1, -0.05) is 13.3 Å². The van der Waals surface area contributed by atoms with Crippen molar-refractivity contribution in [3.63, 3.8) is 0 Å². The Kier molecular flexibility index (Phi) is 6.62. The SMILES string of the molecule is CCN1CCC(CNC(C)CC2CCCCN2)CC1. The van der Waals surface area contributed by atoms with Gasteiger partial charge in [0.05, 0.1) is 0 Å². The van der Waals surface area contributed by atoms with Crippen LogP contribution in [-0.2, 0) is 0 Å². The molecule has 2 fully saturated rings. The minimum atomic E-state index is 0.666. The quantitative estimate of drug-likeness (QED) is 0.773. The molecule has 0 radical (unpaired) electrons. The van der Waals surface area contributed by atoms with Gasteiger partial charge >= 0.3 is 0 Å². The van der Waals surface area contributed by atoms with Gasteiger partial charge in [0.25, 0.3) is 0 Å². The van der Waals surface area contributed by atoms with E-state index in [9.17, 15) is 0 Å². The fourth-order valence-corrected chi connectivity index (χ4v) is 3.51. The van der Waals surface area contributed by atoms with Crippen LogP contribution in [0.5, 0.6) is 0 Å². The molecule has 0 aromatic carbocycles. The number of rotatable bonds is 6. The Morgan fingerprint density at radius 3 is 2.63 bits per heavy atom. The second kappa shape index (κ2) is 8.23. The molecule has 0 spiro atoms. The lowest BCUT2D eigenvalue weighted by atomic mass is 9.95. The number of hydrogen-bond acceptors (Lipinski definition) is 3. The molecular formula is C16H33N3. The molecule has 2 N–H and O–H groups in total. The number of piperidine rings is 2. The first kappa shape index (κ1) is 15.3. The Morgan fingerprint density at radius 2 is 2.00 bits per heavy atom. The number of likely N-dealkylation sites (tertiary alicyclic amines) is 1. The summed E-state index contributed by atoms with van der Waals surface area (Å²) in [5.41, 5.74) is 0. The van der Waals surface area contributed by atoms with E-state index in [1.54, 1.807) is 0 Å². The summed E-state index contributed by atoms with van der Waals surface area (Å²) >= 11 is 0. The van der Waals surface area contributed by atoms with Gasteiger partial charge in [0.2, 0.25) is 0 Å². The average molecular weight is 267 g/mol. The second-order valence-corrected chi connectivity index (χ2v) is 6.57. The summed E-state index contributed by atoms with van der Waals surface area (Å²) in [7, 11) is 0. The van der Waals surface area contributed by atoms with Crippen molar-refractivity contribution < 1.29 is 0 Å². The van der Waals surface area contributed by atoms with Crippen molar-refractivity contribution in [2.75, 3.05) is 32.7 Å². The van der Waals surface area contributed by atoms with Gasteiger partial charge < -0.3 is 15.5 Å². The summed E-state index contributed by atoms with van der Waals surface area (Å²) in [4.78, 5) is 2.58. The van der Waals surface area contributed by atoms with Crippen LogP contribution in [0.2, 0.25) is 0 Å². The van der Waals surface area contributed by atoms with Crippen molar-refractivity contribution >= 4 is 0 Å². The molecule has 3 nitrogen and oxygen atoms in total. The molecule has 19 heavy (non-hydrogen) atoms. The highest BCUT2D eigenvalue weighted by molar-refractivity contribution is 4.79. The lowest BCUT2D eigenvalue weighted by molar-refractivity contribution is 0.186. The van der Waals surface area contributed by atoms with E-state index >= 15 is 0 Å². The molecule has 0 aromatic rings. The third-order valence-electron chi connectivity index (χ3n) is 4.96. The number of nitrogens with zero attached hydrogens (tertiary/aromatic N) is 1. The Hall–Kier alpha value is -0.120. The van der Waals surface area contributed by atoms with E-state index in [1.807, 2.05) is 0 Å². The average Bonchev–Trinajstić information content (AvgIpc) is 2.47. The Morgan fingerprint density at radius 1 is 1.21 bits per heavy atom. The molecule has 0 amide bonds. The first-order valence-corrected chi connectivity index (χ1v) is 8.47. The predicted molar refractivity (Wildman–Crippen MR) is 82.6 cm³/mol. The van der Waals surface area contributed by atoms with E-state index < -0.39 is 0 Å². The molecule has 112 valence electrons. The molecule has 2 saturated heterocycles. The monoisotopic (exact) mass is 267 g/mol. The summed E-state index contributed by atoms with van der Waals surface area (Å²) in [6.45, 7) is 10.9. The van der Waals surface area contributed by atoms with Crippen LogP contribution in [0.15, 0.2) is 0 Å². The minimum Gasteiger partial charge on any atom is -0.314 e. The van der Waals surface area contributed by atoms with E-state index in [0.29, 0.717) is 6.04 Å². The van der Waals surface area contributed by atoms with Crippen molar-refractivity contribution in [2.24, 2.45) is 5.92 Å². The van der Waals surface area contributed by atoms with E-state index in [2.05, 4.69) is 29.4 Å². The molecule has 0 saturated carbocycles. The third kappa shape index (κ3) is 5.41. The largest absolute Gasteiger partial charge is 0.314 e. The van der Waals surface area contributed by atoms with Crippen molar-refractivity contribution in [1.82, 2.24) is 15.5 Å². The fraction of sp³-hybridized carbons (Fsp3) is 1.00. The number of nitrogens with one attached hydrogen (secondary N) is 2. The Bertz CT molecular complexity index is 230. The van der Waals surface area contributed by atoms with Crippen molar-refractivity contribution in [3.05, 3.63) is 0 Å². The maximum Gasteiger partial charge on any atom is 0.00817 e. The maximum atomic E-state index is 3.77. The molecule has 2 heterocycles. The van der Waals surface area contributed by atoms with Crippen molar-refractivity contribution in [1.29, 1.82) is 0 Å². The van der Waals surface area contributed by atoms with E-state index in [-0.39, 0.29) is 0 Å². The van der Waals surface area contributed by atoms with Crippen LogP contribution in [0, 0.1) is 5.92 Å². The fourth-order valence-electron chi connectivity index (χ4n) is 3.51. The van der Waals surface area contributed by atoms with E-state index in [4.69, 9.17) is 0 Å². The molecule has 2 rings (SSSR count). The normalized spacial score (nSPS) is 28.4. The summed E-state index contributed by atoms with van der Waals surface area (Å²) in [6.07, 6.45) is 8.23. The van der Waals surface area contributed by atoms with Crippen LogP contribution in [0.25, 0.3) is 0 Å². The van der Waals surface area contributed by atoms with E-state index in [1.165, 1.54) is 71.2 Å². The number of hydrogen-bond donors (Lipinski definition) is 2. The third-order valence-corrected chi connectivity index (χ3v) is 4.96. The molecular weight excluding hydrogens is 234 g/mol. The molecule has 3 heteroatoms. The molecule has 2 unspecified atom stereocenters. The van der Waals surface area contributed by atoms with Crippen LogP contribution >= 0.6 is 0 Å². The molecule has 2 atom stereocenters. The van der Waals surface area contributed by atoms with Crippen LogP contribution < -0.4 is 10.6 Å². The molecule has 0 aliphatic carbocycles. The summed E-state index contributed by atoms with van der Waals surface area (Å²) < 4.78 is 0. The smallest absolute Gasteiger partial charge is 0.00817 e. The van der Waals surface area contributed by atoms with Gasteiger partial charge in [-0.15, -0.1) is 0 Å². The van der Waals surface area contributed by atoms with Crippen molar-refractivity contribution in [3.8, 4) is 0 Å². The zero-order chi connectivity index (χ0) is 13.5. The summed E-state index contributed by atoms with van der Waals surface area (Å²) in [5, 5.41) is 7.43. The first-order valence-electron chi connectivity index (χ1n) is 8.47. The zero-order valence-corrected chi connectivity index (χ0v) is 13.0. The van der Waals surface area contributed by atoms with Crippen LogP contribution in [0.3, 0.4) is 0 Å². The molecule has 2 aliphatic rings. The maximum absolute atomic E-state index is 3.77. The topological polar surface area (TPSA) is 27.3 Å². The second-order valence-electron chi connectivity index (χ2n) is 6.57. The van der Waals surface area contributed by atoms with Gasteiger partial charge in [-0.2, -0.15) is 0 Å². The van der Waals surface area contributed by atoms with Crippen molar-refractivity contribution in [2.45, 2.75) is 64.5 Å². The molecule has 0 bridgehead atoms. The Balaban J connectivity index is 1.57. The van der Waals surface area contributed by atoms with Gasteiger partial charge in [-0.05, 0) is 77.7 Å². The standard InChI is InChI=1S/C16H33N3/c1-3-19-10-7-15(8-11-19)13-18-14(2)12-16-6-4-5-9-17-16/h14-18H,3-13H2,1-2H3. The van der Waals surface area contributed by atoms with Gasteiger partial charge in [0.15, 0.2) is 0 Å². The van der Waals surface area contributed by atoms with Crippen LogP contribution in [0.4, 0.5) is 0 Å². The lowest BCUT2D eigenvalue weighted by Gasteiger charge is -2.32. The zero-order valence-electron chi connectivity index (χ0n) is 13.0. The first-order chi connectivity index (χ1) is 9.28. The highest BCUT2D eigenvalue weighted by Gasteiger charge is 2.20. The molecule has 2 aliphatic heterocycles. The molecule has 0 aromatic heterocycles. The van der Waals surface area contributed by atoms with Gasteiger partial charge in [0, 0.05) is 12.1 Å². The highest BCUT2D eigenvalue weighted by atomic mass is 15.1. The summed E-state index contributed by atoms with van der Waals surface area (Å²) in [5.74, 6) is 0.907. The lowest BCUT2D eigenvalue weighted by Crippen LogP contribution is -2.42.